The number of benzene rings is 3. The first-order chi connectivity index (χ1) is 24.1. The van der Waals surface area contributed by atoms with Crippen LogP contribution in [0.4, 0.5) is 11.4 Å². The second-order valence-electron chi connectivity index (χ2n) is 11.2. The fourth-order valence-electron chi connectivity index (χ4n) is 5.97. The topological polar surface area (TPSA) is 171 Å². The summed E-state index contributed by atoms with van der Waals surface area (Å²) in [5.41, 5.74) is 1.75. The number of hydrogen-bond acceptors (Lipinski definition) is 12. The average Bonchev–Trinajstić information content (AvgIpc) is 3.55. The minimum atomic E-state index is -0.969. The maximum atomic E-state index is 14.2. The van der Waals surface area contributed by atoms with Crippen LogP contribution in [0.5, 0.6) is 11.5 Å². The number of aromatic hydroxyl groups is 1. The zero-order chi connectivity index (χ0) is 35.7. The summed E-state index contributed by atoms with van der Waals surface area (Å²) in [6, 6.07) is 16.6. The lowest BCUT2D eigenvalue weighted by molar-refractivity contribution is -0.122. The smallest absolute Gasteiger partial charge is 0.338 e. The van der Waals surface area contributed by atoms with E-state index in [4.69, 9.17) is 14.2 Å². The number of methoxy groups -OCH3 is 1. The monoisotopic (exact) mass is 717 g/mol. The van der Waals surface area contributed by atoms with Crippen molar-refractivity contribution < 1.29 is 43.3 Å². The van der Waals surface area contributed by atoms with Crippen LogP contribution < -0.4 is 19.8 Å². The lowest BCUT2D eigenvalue weighted by atomic mass is 9.83. The van der Waals surface area contributed by atoms with E-state index in [0.29, 0.717) is 26.7 Å². The normalized spacial score (nSPS) is 17.9. The Bertz CT molecular complexity index is 2060. The van der Waals surface area contributed by atoms with Gasteiger partial charge in [0.05, 0.1) is 48.1 Å². The van der Waals surface area contributed by atoms with Gasteiger partial charge in [-0.1, -0.05) is 29.2 Å². The number of thiazole rings is 1. The summed E-state index contributed by atoms with van der Waals surface area (Å²) in [6.45, 7) is 3.41. The summed E-state index contributed by atoms with van der Waals surface area (Å²) in [5, 5.41) is 12.4. The molecule has 6 rings (SSSR count). The number of ether oxygens (including phenoxy) is 3. The van der Waals surface area contributed by atoms with Crippen molar-refractivity contribution in [3.63, 3.8) is 0 Å². The molecule has 50 heavy (non-hydrogen) atoms. The van der Waals surface area contributed by atoms with Gasteiger partial charge in [-0.3, -0.25) is 23.7 Å². The van der Waals surface area contributed by atoms with Crippen LogP contribution in [0, 0.1) is 5.92 Å². The highest BCUT2D eigenvalue weighted by atomic mass is 32.2. The van der Waals surface area contributed by atoms with E-state index >= 15 is 0 Å². The molecule has 0 radical (unpaired) electrons. The Morgan fingerprint density at radius 1 is 0.860 bits per heavy atom. The van der Waals surface area contributed by atoms with Crippen molar-refractivity contribution in [3.8, 4) is 11.5 Å². The van der Waals surface area contributed by atoms with Crippen LogP contribution in [0.25, 0.3) is 0 Å². The van der Waals surface area contributed by atoms with Crippen LogP contribution in [0.3, 0.4) is 0 Å². The van der Waals surface area contributed by atoms with Gasteiger partial charge in [-0.05, 0) is 80.1 Å². The van der Waals surface area contributed by atoms with E-state index in [1.807, 2.05) is 0 Å². The van der Waals surface area contributed by atoms with Crippen LogP contribution in [0.2, 0.25) is 0 Å². The van der Waals surface area contributed by atoms with E-state index < -0.39 is 51.6 Å². The van der Waals surface area contributed by atoms with Gasteiger partial charge < -0.3 is 24.6 Å². The Balaban J connectivity index is 1.34. The Hall–Kier alpha value is -5.41. The highest BCUT2D eigenvalue weighted by molar-refractivity contribution is 8.00. The molecular weight excluding hydrogens is 687 g/mol. The van der Waals surface area contributed by atoms with Crippen molar-refractivity contribution in [1.82, 2.24) is 4.57 Å². The van der Waals surface area contributed by atoms with E-state index in [1.54, 1.807) is 38.1 Å². The molecule has 4 aromatic rings. The molecule has 1 aromatic heterocycles. The number of aromatic nitrogens is 1. The number of hydrogen-bond donors (Lipinski definition) is 2. The molecule has 1 saturated heterocycles. The number of thioether (sulfide) groups is 1. The third kappa shape index (κ3) is 6.36. The molecule has 3 atom stereocenters. The number of esters is 2. The van der Waals surface area contributed by atoms with E-state index in [-0.39, 0.29) is 42.5 Å². The molecule has 13 nitrogen and oxygen atoms in total. The zero-order valence-corrected chi connectivity index (χ0v) is 28.7. The molecular formula is C35H31N3O10S2. The van der Waals surface area contributed by atoms with Crippen LogP contribution in [-0.4, -0.2) is 64.9 Å². The number of carbonyl (C=O) groups excluding carboxylic acids is 5. The first-order valence-electron chi connectivity index (χ1n) is 15.5. The number of carbonyl (C=O) groups is 5. The average molecular weight is 718 g/mol. The molecule has 258 valence electrons. The highest BCUT2D eigenvalue weighted by Gasteiger charge is 2.57. The van der Waals surface area contributed by atoms with Gasteiger partial charge >= 0.3 is 16.8 Å². The van der Waals surface area contributed by atoms with Crippen molar-refractivity contribution in [2.75, 3.05) is 30.5 Å². The molecule has 15 heteroatoms. The molecule has 2 aliphatic heterocycles. The summed E-state index contributed by atoms with van der Waals surface area (Å²) in [6.07, 6.45) is 0. The largest absolute Gasteiger partial charge is 0.504 e. The Kier molecular flexibility index (Phi) is 9.79. The van der Waals surface area contributed by atoms with Crippen molar-refractivity contribution in [2.45, 2.75) is 36.6 Å². The maximum Gasteiger partial charge on any atom is 0.338 e. The maximum absolute atomic E-state index is 14.2. The predicted molar refractivity (Wildman–Crippen MR) is 184 cm³/mol. The van der Waals surface area contributed by atoms with Gasteiger partial charge in [0.15, 0.2) is 11.5 Å². The molecule has 0 aliphatic carbocycles. The van der Waals surface area contributed by atoms with Crippen LogP contribution in [-0.2, 0) is 30.4 Å². The number of phenolic OH excluding ortho intramolecular Hbond substituents is 1. The number of phenols is 1. The van der Waals surface area contributed by atoms with Gasteiger partial charge in [-0.25, -0.2) is 14.5 Å². The first kappa shape index (κ1) is 34.5. The third-order valence-corrected chi connectivity index (χ3v) is 10.8. The van der Waals surface area contributed by atoms with Gasteiger partial charge in [0.2, 0.25) is 17.7 Å². The third-order valence-electron chi connectivity index (χ3n) is 8.23. The minimum absolute atomic E-state index is 0.131. The highest BCUT2D eigenvalue weighted by Crippen LogP contribution is 2.54. The lowest BCUT2D eigenvalue weighted by Crippen LogP contribution is -2.33. The van der Waals surface area contributed by atoms with E-state index in [1.165, 1.54) is 54.1 Å². The van der Waals surface area contributed by atoms with Gasteiger partial charge in [0.1, 0.15) is 11.8 Å². The van der Waals surface area contributed by atoms with Crippen LogP contribution >= 0.6 is 23.1 Å². The number of nitrogens with one attached hydrogen (secondary N) is 1. The zero-order valence-electron chi connectivity index (χ0n) is 27.0. The molecule has 3 amide bonds. The van der Waals surface area contributed by atoms with E-state index in [0.717, 1.165) is 28.0 Å². The number of imide groups is 1. The second-order valence-corrected chi connectivity index (χ2v) is 13.3. The van der Waals surface area contributed by atoms with Crippen LogP contribution in [0.1, 0.15) is 50.9 Å². The molecule has 3 aromatic carbocycles. The summed E-state index contributed by atoms with van der Waals surface area (Å²) in [7, 11) is 1.38. The minimum Gasteiger partial charge on any atom is -0.504 e. The SMILES string of the molecule is CCOC(=O)c1ccc(NC(=O)Cn2c3c(sc2=O)C(c2ccc(O)c(OC)c2)C2C(=O)N(c4ccc(C(=O)OCC)cc4)C(=O)C2S3)cc1. The second kappa shape index (κ2) is 14.2. The molecule has 3 unspecified atom stereocenters. The Morgan fingerprint density at radius 3 is 2.08 bits per heavy atom. The number of amides is 3. The lowest BCUT2D eigenvalue weighted by Gasteiger charge is -2.31. The standard InChI is InChI=1S/C35H31N3O10S2/c1-4-47-33(43)18-6-11-21(12-7-18)36-25(40)17-37-32-29(50-35(37)45)26(20-10-15-23(39)24(16-20)46-3)27-28(49-32)31(42)38(30(27)41)22-13-8-19(9-14-22)34(44)48-5-2/h6-16,26-28,39H,4-5,17H2,1-3H3,(H,36,40). The van der Waals surface area contributed by atoms with Gasteiger partial charge in [-0.15, -0.1) is 0 Å². The van der Waals surface area contributed by atoms with Crippen LogP contribution in [0.15, 0.2) is 76.6 Å². The number of rotatable bonds is 10. The molecule has 0 spiro atoms. The van der Waals surface area contributed by atoms with Crippen molar-refractivity contribution in [2.24, 2.45) is 5.92 Å². The fourth-order valence-corrected chi connectivity index (χ4v) is 8.74. The van der Waals surface area contributed by atoms with E-state index in [9.17, 15) is 33.9 Å². The van der Waals surface area contributed by atoms with Crippen molar-refractivity contribution >= 4 is 64.1 Å². The molecule has 0 saturated carbocycles. The summed E-state index contributed by atoms with van der Waals surface area (Å²) >= 11 is 1.92. The quantitative estimate of drug-likeness (QED) is 0.176. The van der Waals surface area contributed by atoms with Gasteiger partial charge in [-0.2, -0.15) is 0 Å². The molecule has 3 heterocycles. The summed E-state index contributed by atoms with van der Waals surface area (Å²) in [4.78, 5) is 80.3. The Labute approximate surface area is 293 Å². The summed E-state index contributed by atoms with van der Waals surface area (Å²) < 4.78 is 16.7. The first-order valence-corrected chi connectivity index (χ1v) is 17.2. The number of anilines is 2. The van der Waals surface area contributed by atoms with Gasteiger partial charge in [0, 0.05) is 16.5 Å². The molecule has 0 bridgehead atoms. The fraction of sp³-hybridized carbons (Fsp3) is 0.257. The van der Waals surface area contributed by atoms with Crippen molar-refractivity contribution in [3.05, 3.63) is 98.0 Å². The van der Waals surface area contributed by atoms with Gasteiger partial charge in [0.25, 0.3) is 0 Å². The predicted octanol–water partition coefficient (Wildman–Crippen LogP) is 4.41. The molecule has 2 aliphatic rings. The summed E-state index contributed by atoms with van der Waals surface area (Å²) in [5.74, 6) is -4.33. The van der Waals surface area contributed by atoms with Crippen molar-refractivity contribution in [1.29, 1.82) is 0 Å². The molecule has 1 fully saturated rings. The molecule has 2 N–H and O–H groups in total. The number of nitrogens with zero attached hydrogens (tertiary/aromatic N) is 2. The van der Waals surface area contributed by atoms with E-state index in [2.05, 4.69) is 5.32 Å². The Morgan fingerprint density at radius 2 is 1.48 bits per heavy atom. The number of fused-ring (bicyclic) bond motifs is 2.